The molecule has 0 heterocycles. The van der Waals surface area contributed by atoms with Crippen molar-refractivity contribution in [1.82, 2.24) is 5.32 Å². The summed E-state index contributed by atoms with van der Waals surface area (Å²) in [6.45, 7) is 3.43. The van der Waals surface area contributed by atoms with Gasteiger partial charge >= 0.3 is 0 Å². The quantitative estimate of drug-likeness (QED) is 0.647. The molecule has 1 atom stereocenters. The van der Waals surface area contributed by atoms with E-state index in [-0.39, 0.29) is 0 Å². The molecule has 112 valence electrons. The van der Waals surface area contributed by atoms with E-state index in [0.717, 1.165) is 30.7 Å². The average molecular weight is 275 g/mol. The number of rotatable bonds is 10. The summed E-state index contributed by atoms with van der Waals surface area (Å²) in [6, 6.07) is 9.27. The van der Waals surface area contributed by atoms with Crippen molar-refractivity contribution in [2.45, 2.75) is 57.9 Å². The van der Waals surface area contributed by atoms with Gasteiger partial charge in [0.05, 0.1) is 7.11 Å². The number of ether oxygens (including phenoxy) is 1. The first-order valence-corrected chi connectivity index (χ1v) is 8.18. The van der Waals surface area contributed by atoms with E-state index in [9.17, 15) is 0 Å². The molecule has 2 rings (SSSR count). The van der Waals surface area contributed by atoms with Gasteiger partial charge in [0, 0.05) is 6.04 Å². The van der Waals surface area contributed by atoms with E-state index in [2.05, 4.69) is 36.5 Å². The van der Waals surface area contributed by atoms with Crippen LogP contribution < -0.4 is 10.1 Å². The molecule has 0 saturated heterocycles. The second-order valence-electron chi connectivity index (χ2n) is 6.06. The SMILES string of the molecule is CCCCCC(CNC1CC1)Cc1ccccc1OC. The molecule has 1 aromatic carbocycles. The van der Waals surface area contributed by atoms with Crippen molar-refractivity contribution in [3.63, 3.8) is 0 Å². The second-order valence-corrected chi connectivity index (χ2v) is 6.06. The molecule has 0 spiro atoms. The maximum Gasteiger partial charge on any atom is 0.122 e. The van der Waals surface area contributed by atoms with Crippen molar-refractivity contribution >= 4 is 0 Å². The number of unbranched alkanes of at least 4 members (excludes halogenated alkanes) is 2. The van der Waals surface area contributed by atoms with Crippen LogP contribution >= 0.6 is 0 Å². The fraction of sp³-hybridized carbons (Fsp3) is 0.667. The molecule has 1 aromatic rings. The van der Waals surface area contributed by atoms with E-state index in [1.807, 2.05) is 0 Å². The van der Waals surface area contributed by atoms with E-state index < -0.39 is 0 Å². The molecular formula is C18H29NO. The molecule has 2 heteroatoms. The van der Waals surface area contributed by atoms with Gasteiger partial charge in [-0.3, -0.25) is 0 Å². The molecule has 1 saturated carbocycles. The van der Waals surface area contributed by atoms with Crippen LogP contribution in [0.5, 0.6) is 5.75 Å². The Labute approximate surface area is 123 Å². The molecule has 0 radical (unpaired) electrons. The predicted octanol–water partition coefficient (Wildman–Crippen LogP) is 4.19. The monoisotopic (exact) mass is 275 g/mol. The minimum absolute atomic E-state index is 0.735. The molecule has 0 aromatic heterocycles. The minimum atomic E-state index is 0.735. The second kappa shape index (κ2) is 8.31. The van der Waals surface area contributed by atoms with Gasteiger partial charge in [0.25, 0.3) is 0 Å². The van der Waals surface area contributed by atoms with E-state index in [0.29, 0.717) is 0 Å². The van der Waals surface area contributed by atoms with Crippen LogP contribution in [0.3, 0.4) is 0 Å². The van der Waals surface area contributed by atoms with Crippen LogP contribution in [0.4, 0.5) is 0 Å². The molecule has 0 bridgehead atoms. The van der Waals surface area contributed by atoms with Crippen LogP contribution in [-0.2, 0) is 6.42 Å². The highest BCUT2D eigenvalue weighted by Crippen LogP contribution is 2.25. The molecule has 1 fully saturated rings. The van der Waals surface area contributed by atoms with Gasteiger partial charge in [-0.05, 0) is 49.8 Å². The van der Waals surface area contributed by atoms with Crippen LogP contribution in [0.15, 0.2) is 24.3 Å². The summed E-state index contributed by atoms with van der Waals surface area (Å²) >= 11 is 0. The number of hydrogen-bond donors (Lipinski definition) is 1. The largest absolute Gasteiger partial charge is 0.496 e. The van der Waals surface area contributed by atoms with Gasteiger partial charge in [-0.15, -0.1) is 0 Å². The minimum Gasteiger partial charge on any atom is -0.496 e. The Morgan fingerprint density at radius 3 is 2.75 bits per heavy atom. The molecule has 0 amide bonds. The number of para-hydroxylation sites is 1. The van der Waals surface area contributed by atoms with Gasteiger partial charge in [0.15, 0.2) is 0 Å². The van der Waals surface area contributed by atoms with Gasteiger partial charge in [0.2, 0.25) is 0 Å². The van der Waals surface area contributed by atoms with Crippen molar-refractivity contribution in [2.24, 2.45) is 5.92 Å². The smallest absolute Gasteiger partial charge is 0.122 e. The summed E-state index contributed by atoms with van der Waals surface area (Å²) in [5, 5.41) is 3.70. The topological polar surface area (TPSA) is 21.3 Å². The van der Waals surface area contributed by atoms with Crippen molar-refractivity contribution in [3.8, 4) is 5.75 Å². The number of benzene rings is 1. The zero-order chi connectivity index (χ0) is 14.2. The summed E-state index contributed by atoms with van der Waals surface area (Å²) < 4.78 is 5.49. The summed E-state index contributed by atoms with van der Waals surface area (Å²) in [7, 11) is 1.77. The van der Waals surface area contributed by atoms with E-state index in [1.54, 1.807) is 7.11 Å². The predicted molar refractivity (Wildman–Crippen MR) is 85.4 cm³/mol. The Kier molecular flexibility index (Phi) is 6.38. The molecule has 20 heavy (non-hydrogen) atoms. The van der Waals surface area contributed by atoms with E-state index in [4.69, 9.17) is 4.74 Å². The highest BCUT2D eigenvalue weighted by atomic mass is 16.5. The van der Waals surface area contributed by atoms with Crippen LogP contribution in [0.25, 0.3) is 0 Å². The average Bonchev–Trinajstić information content (AvgIpc) is 3.29. The zero-order valence-electron chi connectivity index (χ0n) is 13.0. The van der Waals surface area contributed by atoms with Crippen molar-refractivity contribution in [1.29, 1.82) is 0 Å². The highest BCUT2D eigenvalue weighted by molar-refractivity contribution is 5.33. The first kappa shape index (κ1) is 15.4. The first-order chi connectivity index (χ1) is 9.83. The van der Waals surface area contributed by atoms with Crippen molar-refractivity contribution < 1.29 is 4.74 Å². The number of methoxy groups -OCH3 is 1. The van der Waals surface area contributed by atoms with Crippen LogP contribution in [-0.4, -0.2) is 19.7 Å². The van der Waals surface area contributed by atoms with Gasteiger partial charge < -0.3 is 10.1 Å². The maximum absolute atomic E-state index is 5.49. The summed E-state index contributed by atoms with van der Waals surface area (Å²) in [5.74, 6) is 1.78. The Hall–Kier alpha value is -1.02. The summed E-state index contributed by atoms with van der Waals surface area (Å²) in [5.41, 5.74) is 1.36. The molecule has 2 nitrogen and oxygen atoms in total. The fourth-order valence-corrected chi connectivity index (χ4v) is 2.76. The molecule has 1 aliphatic rings. The third-order valence-electron chi connectivity index (χ3n) is 4.19. The lowest BCUT2D eigenvalue weighted by atomic mass is 9.93. The summed E-state index contributed by atoms with van der Waals surface area (Å²) in [6.07, 6.45) is 9.21. The number of hydrogen-bond acceptors (Lipinski definition) is 2. The van der Waals surface area contributed by atoms with E-state index >= 15 is 0 Å². The lowest BCUT2D eigenvalue weighted by Gasteiger charge is -2.19. The van der Waals surface area contributed by atoms with Crippen molar-refractivity contribution in [3.05, 3.63) is 29.8 Å². The van der Waals surface area contributed by atoms with Gasteiger partial charge in [0.1, 0.15) is 5.75 Å². The van der Waals surface area contributed by atoms with Crippen LogP contribution in [0, 0.1) is 5.92 Å². The van der Waals surface area contributed by atoms with Gasteiger partial charge in [-0.2, -0.15) is 0 Å². The van der Waals surface area contributed by atoms with E-state index in [1.165, 1.54) is 44.1 Å². The lowest BCUT2D eigenvalue weighted by molar-refractivity contribution is 0.390. The summed E-state index contributed by atoms with van der Waals surface area (Å²) in [4.78, 5) is 0. The van der Waals surface area contributed by atoms with Crippen LogP contribution in [0.1, 0.15) is 51.0 Å². The third kappa shape index (κ3) is 5.16. The first-order valence-electron chi connectivity index (χ1n) is 8.18. The van der Waals surface area contributed by atoms with Crippen molar-refractivity contribution in [2.75, 3.05) is 13.7 Å². The fourth-order valence-electron chi connectivity index (χ4n) is 2.76. The Morgan fingerprint density at radius 1 is 1.25 bits per heavy atom. The normalized spacial score (nSPS) is 16.1. The lowest BCUT2D eigenvalue weighted by Crippen LogP contribution is -2.26. The maximum atomic E-state index is 5.49. The Balaban J connectivity index is 1.89. The standard InChI is InChI=1S/C18H29NO/c1-3-4-5-8-15(14-19-17-11-12-17)13-16-9-6-7-10-18(16)20-2/h6-7,9-10,15,17,19H,3-5,8,11-14H2,1-2H3. The molecule has 1 unspecified atom stereocenters. The zero-order valence-corrected chi connectivity index (χ0v) is 13.0. The molecule has 1 N–H and O–H groups in total. The molecule has 0 aliphatic heterocycles. The van der Waals surface area contributed by atoms with Gasteiger partial charge in [-0.1, -0.05) is 44.4 Å². The Bertz CT molecular complexity index is 387. The molecular weight excluding hydrogens is 246 g/mol. The van der Waals surface area contributed by atoms with Crippen LogP contribution in [0.2, 0.25) is 0 Å². The molecule has 1 aliphatic carbocycles. The number of nitrogens with one attached hydrogen (secondary N) is 1. The Morgan fingerprint density at radius 2 is 2.05 bits per heavy atom. The van der Waals surface area contributed by atoms with Gasteiger partial charge in [-0.25, -0.2) is 0 Å². The highest BCUT2D eigenvalue weighted by Gasteiger charge is 2.22. The third-order valence-corrected chi connectivity index (χ3v) is 4.19.